The lowest BCUT2D eigenvalue weighted by atomic mass is 10.1. The number of aromatic nitrogens is 1. The number of benzene rings is 2. The molecule has 0 aliphatic heterocycles. The minimum atomic E-state index is -0.590. The molecule has 7 nitrogen and oxygen atoms in total. The molecule has 8 heteroatoms. The van der Waals surface area contributed by atoms with Gasteiger partial charge in [-0.05, 0) is 48.0 Å². The molecule has 0 bridgehead atoms. The zero-order chi connectivity index (χ0) is 23.1. The predicted molar refractivity (Wildman–Crippen MR) is 119 cm³/mol. The van der Waals surface area contributed by atoms with Gasteiger partial charge in [-0.15, -0.1) is 0 Å². The zero-order valence-electron chi connectivity index (χ0n) is 18.4. The maximum absolute atomic E-state index is 14.1. The Balaban J connectivity index is 1.92. The minimum absolute atomic E-state index is 0.0144. The summed E-state index contributed by atoms with van der Waals surface area (Å²) in [5, 5.41) is 0. The van der Waals surface area contributed by atoms with E-state index in [1.54, 1.807) is 43.5 Å². The number of carbonyl (C=O) groups is 1. The van der Waals surface area contributed by atoms with E-state index in [9.17, 15) is 9.18 Å². The fraction of sp³-hybridized carbons (Fsp3) is 0.250. The molecule has 0 saturated heterocycles. The molecule has 3 rings (SSSR count). The van der Waals surface area contributed by atoms with Crippen molar-refractivity contribution >= 4 is 11.6 Å². The number of ether oxygens (including phenoxy) is 4. The largest absolute Gasteiger partial charge is 0.494 e. The number of ketones is 1. The van der Waals surface area contributed by atoms with Gasteiger partial charge in [0.15, 0.2) is 28.8 Å². The number of hydrogen-bond acceptors (Lipinski definition) is 7. The monoisotopic (exact) mass is 440 g/mol. The average Bonchev–Trinajstić information content (AvgIpc) is 2.83. The van der Waals surface area contributed by atoms with Crippen LogP contribution in [0.15, 0.2) is 54.7 Å². The van der Waals surface area contributed by atoms with Gasteiger partial charge in [0, 0.05) is 18.3 Å². The van der Waals surface area contributed by atoms with Crippen molar-refractivity contribution in [1.82, 2.24) is 4.98 Å². The first-order valence-electron chi connectivity index (χ1n) is 9.82. The number of anilines is 1. The van der Waals surface area contributed by atoms with Gasteiger partial charge in [0.1, 0.15) is 5.82 Å². The lowest BCUT2D eigenvalue weighted by Gasteiger charge is -2.24. The molecule has 0 aliphatic carbocycles. The first-order chi connectivity index (χ1) is 15.5. The Morgan fingerprint density at radius 1 is 0.906 bits per heavy atom. The summed E-state index contributed by atoms with van der Waals surface area (Å²) in [5.74, 6) is 1.33. The van der Waals surface area contributed by atoms with E-state index in [0.29, 0.717) is 29.6 Å². The van der Waals surface area contributed by atoms with Crippen molar-refractivity contribution in [3.05, 3.63) is 71.7 Å². The van der Waals surface area contributed by atoms with E-state index in [-0.39, 0.29) is 23.6 Å². The van der Waals surface area contributed by atoms with Gasteiger partial charge in [0.05, 0.1) is 35.0 Å². The van der Waals surface area contributed by atoms with Crippen LogP contribution in [0, 0.1) is 5.82 Å². The molecule has 0 radical (unpaired) electrons. The summed E-state index contributed by atoms with van der Waals surface area (Å²) in [6, 6.07) is 13.2. The van der Waals surface area contributed by atoms with Gasteiger partial charge in [-0.2, -0.15) is 0 Å². The average molecular weight is 440 g/mol. The van der Waals surface area contributed by atoms with Gasteiger partial charge in [0.25, 0.3) is 0 Å². The summed E-state index contributed by atoms with van der Waals surface area (Å²) >= 11 is 0. The second-order valence-corrected chi connectivity index (χ2v) is 6.85. The van der Waals surface area contributed by atoms with Crippen molar-refractivity contribution < 1.29 is 28.1 Å². The topological polar surface area (TPSA) is 70.1 Å². The van der Waals surface area contributed by atoms with Crippen molar-refractivity contribution in [3.8, 4) is 23.0 Å². The van der Waals surface area contributed by atoms with Crippen LogP contribution >= 0.6 is 0 Å². The van der Waals surface area contributed by atoms with Crippen molar-refractivity contribution in [2.24, 2.45) is 0 Å². The number of rotatable bonds is 10. The Labute approximate surface area is 186 Å². The third-order valence-electron chi connectivity index (χ3n) is 4.88. The number of methoxy groups -OCH3 is 4. The molecule has 32 heavy (non-hydrogen) atoms. The highest BCUT2D eigenvalue weighted by molar-refractivity contribution is 5.99. The number of pyridine rings is 1. The molecule has 1 aromatic heterocycles. The second kappa shape index (κ2) is 10.5. The van der Waals surface area contributed by atoms with Gasteiger partial charge in [-0.1, -0.05) is 6.07 Å². The van der Waals surface area contributed by atoms with Crippen LogP contribution in [0.3, 0.4) is 0 Å². The third-order valence-corrected chi connectivity index (χ3v) is 4.88. The van der Waals surface area contributed by atoms with Crippen LogP contribution in [0.4, 0.5) is 10.2 Å². The fourth-order valence-electron chi connectivity index (χ4n) is 3.31. The molecule has 0 amide bonds. The van der Waals surface area contributed by atoms with Crippen molar-refractivity contribution in [3.63, 3.8) is 0 Å². The lowest BCUT2D eigenvalue weighted by molar-refractivity contribution is 0.0998. The van der Waals surface area contributed by atoms with Crippen molar-refractivity contribution in [2.45, 2.75) is 6.54 Å². The molecule has 1 heterocycles. The number of Topliss-reactive ketones (excluding diaryl/α,β-unsaturated/α-hetero) is 1. The first-order valence-corrected chi connectivity index (χ1v) is 9.82. The molecule has 0 unspecified atom stereocenters. The van der Waals surface area contributed by atoms with Gasteiger partial charge in [0.2, 0.25) is 5.75 Å². The van der Waals surface area contributed by atoms with Crippen LogP contribution in [0.1, 0.15) is 15.9 Å². The number of halogens is 1. The van der Waals surface area contributed by atoms with Crippen LogP contribution in [0.25, 0.3) is 0 Å². The molecular formula is C24H25FN2O5. The van der Waals surface area contributed by atoms with Gasteiger partial charge in [-0.25, -0.2) is 9.37 Å². The van der Waals surface area contributed by atoms with E-state index in [0.717, 1.165) is 5.56 Å². The molecule has 0 aliphatic rings. The zero-order valence-corrected chi connectivity index (χ0v) is 18.4. The molecular weight excluding hydrogens is 415 g/mol. The molecule has 0 atom stereocenters. The highest BCUT2D eigenvalue weighted by atomic mass is 19.1. The number of carbonyl (C=O) groups excluding carboxylic acids is 1. The smallest absolute Gasteiger partial charge is 0.203 e. The second-order valence-electron chi connectivity index (χ2n) is 6.85. The normalized spacial score (nSPS) is 10.4. The highest BCUT2D eigenvalue weighted by Gasteiger charge is 2.19. The Morgan fingerprint density at radius 3 is 2.12 bits per heavy atom. The Morgan fingerprint density at radius 2 is 1.59 bits per heavy atom. The summed E-state index contributed by atoms with van der Waals surface area (Å²) in [4.78, 5) is 19.1. The molecule has 3 aromatic rings. The van der Waals surface area contributed by atoms with Crippen molar-refractivity contribution in [2.75, 3.05) is 39.9 Å². The fourth-order valence-corrected chi connectivity index (χ4v) is 3.31. The van der Waals surface area contributed by atoms with E-state index in [2.05, 4.69) is 4.98 Å². The van der Waals surface area contributed by atoms with E-state index < -0.39 is 5.82 Å². The van der Waals surface area contributed by atoms with E-state index >= 15 is 0 Å². The lowest BCUT2D eigenvalue weighted by Crippen LogP contribution is -2.30. The van der Waals surface area contributed by atoms with Crippen LogP contribution in [0.2, 0.25) is 0 Å². The van der Waals surface area contributed by atoms with Crippen molar-refractivity contribution in [1.29, 1.82) is 0 Å². The van der Waals surface area contributed by atoms with E-state index in [1.165, 1.54) is 26.4 Å². The van der Waals surface area contributed by atoms with Crippen LogP contribution in [-0.2, 0) is 6.54 Å². The summed E-state index contributed by atoms with van der Waals surface area (Å²) < 4.78 is 35.3. The maximum atomic E-state index is 14.1. The summed E-state index contributed by atoms with van der Waals surface area (Å²) in [5.41, 5.74) is 1.06. The molecule has 0 fully saturated rings. The van der Waals surface area contributed by atoms with Gasteiger partial charge >= 0.3 is 0 Å². The summed E-state index contributed by atoms with van der Waals surface area (Å²) in [6.07, 6.45) is 1.65. The quantitative estimate of drug-likeness (QED) is 0.439. The number of hydrogen-bond donors (Lipinski definition) is 0. The Kier molecular flexibility index (Phi) is 7.49. The van der Waals surface area contributed by atoms with Crippen LogP contribution in [-0.4, -0.2) is 45.8 Å². The molecule has 0 N–H and O–H groups in total. The Hall–Kier alpha value is -3.81. The number of nitrogens with zero attached hydrogens (tertiary/aromatic N) is 2. The van der Waals surface area contributed by atoms with Crippen LogP contribution < -0.4 is 23.8 Å². The Bertz CT molecular complexity index is 1050. The minimum Gasteiger partial charge on any atom is -0.494 e. The first kappa shape index (κ1) is 22.9. The van der Waals surface area contributed by atoms with Gasteiger partial charge in [-0.3, -0.25) is 4.79 Å². The molecule has 168 valence electrons. The molecule has 0 saturated carbocycles. The molecule has 2 aromatic carbocycles. The standard InChI is InChI=1S/C24H25FN2O5/c1-29-20-9-8-17(13-18(20)25)19(28)15-27(23-7-5-6-10-26-23)14-16-11-21(30-2)24(32-4)22(12-16)31-3/h5-13H,14-15H2,1-4H3. The molecule has 0 spiro atoms. The van der Waals surface area contributed by atoms with E-state index in [1.807, 2.05) is 18.2 Å². The highest BCUT2D eigenvalue weighted by Crippen LogP contribution is 2.38. The van der Waals surface area contributed by atoms with E-state index in [4.69, 9.17) is 18.9 Å². The maximum Gasteiger partial charge on any atom is 0.203 e. The van der Waals surface area contributed by atoms with Gasteiger partial charge < -0.3 is 23.8 Å². The summed E-state index contributed by atoms with van der Waals surface area (Å²) in [7, 11) is 5.99. The SMILES string of the molecule is COc1ccc(C(=O)CN(Cc2cc(OC)c(OC)c(OC)c2)c2ccccn2)cc1F. The summed E-state index contributed by atoms with van der Waals surface area (Å²) in [6.45, 7) is 0.317. The predicted octanol–water partition coefficient (Wildman–Crippen LogP) is 4.14. The van der Waals surface area contributed by atoms with Crippen LogP contribution in [0.5, 0.6) is 23.0 Å². The third kappa shape index (κ3) is 5.08.